The van der Waals surface area contributed by atoms with Crippen LogP contribution in [0.15, 0.2) is 18.6 Å². The van der Waals surface area contributed by atoms with Gasteiger partial charge in [-0.3, -0.25) is 4.98 Å². The Morgan fingerprint density at radius 1 is 1.50 bits per heavy atom. The summed E-state index contributed by atoms with van der Waals surface area (Å²) in [5.74, 6) is -1.05. The molecule has 0 bridgehead atoms. The fraction of sp³-hybridized carbons (Fsp3) is 0. The molecule has 0 aromatic carbocycles. The van der Waals surface area contributed by atoms with Crippen LogP contribution in [0.25, 0.3) is 0 Å². The molecule has 0 aliphatic carbocycles. The van der Waals surface area contributed by atoms with E-state index in [0.29, 0.717) is 0 Å². The van der Waals surface area contributed by atoms with Crippen molar-refractivity contribution in [2.24, 2.45) is 0 Å². The molecule has 4 nitrogen and oxygen atoms in total. The van der Waals surface area contributed by atoms with Gasteiger partial charge in [-0.15, -0.1) is 0 Å². The summed E-state index contributed by atoms with van der Waals surface area (Å²) in [6, 6.07) is 0. The monoisotopic (exact) mass is 147 g/mol. The fourth-order valence-corrected chi connectivity index (χ4v) is 0.410. The Morgan fingerprint density at radius 2 is 2.20 bits per heavy atom. The van der Waals surface area contributed by atoms with Crippen molar-refractivity contribution in [2.75, 3.05) is 0 Å². The van der Waals surface area contributed by atoms with Gasteiger partial charge in [0, 0.05) is 42.0 Å². The first kappa shape index (κ1) is 9.55. The molecule has 0 aliphatic rings. The van der Waals surface area contributed by atoms with Crippen LogP contribution in [0, 0.1) is 0 Å². The Hall–Kier alpha value is -0.450. The maximum Gasteiger partial charge on any atom is 0.356 e. The van der Waals surface area contributed by atoms with Crippen LogP contribution >= 0.6 is 0 Å². The molecule has 0 fully saturated rings. The van der Waals surface area contributed by atoms with E-state index in [1.54, 1.807) is 0 Å². The number of rotatable bonds is 1. The molecule has 10 heavy (non-hydrogen) atoms. The third-order valence-corrected chi connectivity index (χ3v) is 0.782. The summed E-state index contributed by atoms with van der Waals surface area (Å²) in [5.41, 5.74) is -0.0301. The predicted octanol–water partition coefficient (Wildman–Crippen LogP) is -0.206. The Balaban J connectivity index is 0.000000810. The predicted molar refractivity (Wildman–Crippen MR) is 34.7 cm³/mol. The van der Waals surface area contributed by atoms with Crippen molar-refractivity contribution in [2.45, 2.75) is 0 Å². The maximum absolute atomic E-state index is 10.1. The molecule has 1 N–H and O–H groups in total. The number of nitrogens with zero attached hydrogens (tertiary/aromatic N) is 2. The van der Waals surface area contributed by atoms with Crippen LogP contribution in [0.4, 0.5) is 0 Å². The third-order valence-electron chi connectivity index (χ3n) is 0.782. The minimum atomic E-state index is -1.05. The van der Waals surface area contributed by atoms with E-state index in [0.717, 1.165) is 0 Å². The quantitative estimate of drug-likeness (QED) is 0.558. The van der Waals surface area contributed by atoms with Gasteiger partial charge in [0.1, 0.15) is 0 Å². The van der Waals surface area contributed by atoms with Crippen LogP contribution in [0.1, 0.15) is 10.5 Å². The zero-order chi connectivity index (χ0) is 6.69. The van der Waals surface area contributed by atoms with E-state index in [1.807, 2.05) is 0 Å². The molecule has 1 radical (unpaired) electrons. The number of hydrogen-bond donors (Lipinski definition) is 1. The van der Waals surface area contributed by atoms with Crippen LogP contribution < -0.4 is 0 Å². The normalized spacial score (nSPS) is 8.00. The summed E-state index contributed by atoms with van der Waals surface area (Å²) in [6.07, 6.45) is 3.96. The van der Waals surface area contributed by atoms with Gasteiger partial charge >= 0.3 is 5.97 Å². The van der Waals surface area contributed by atoms with E-state index >= 15 is 0 Å². The SMILES string of the molecule is O=C(O)c1cnccn1.[Na]. The zero-order valence-corrected chi connectivity index (χ0v) is 7.48. The van der Waals surface area contributed by atoms with Crippen LogP contribution in [0.2, 0.25) is 0 Å². The largest absolute Gasteiger partial charge is 0.476 e. The number of carboxylic acid groups (broad SMARTS) is 1. The van der Waals surface area contributed by atoms with Crippen LogP contribution in [0.5, 0.6) is 0 Å². The molecule has 1 heterocycles. The average Bonchev–Trinajstić information content (AvgIpc) is 1.90. The number of carboxylic acids is 1. The van der Waals surface area contributed by atoms with Crippen molar-refractivity contribution in [3.8, 4) is 0 Å². The molecule has 47 valence electrons. The Labute approximate surface area is 79.6 Å². The Morgan fingerprint density at radius 3 is 2.50 bits per heavy atom. The first-order valence-electron chi connectivity index (χ1n) is 2.30. The van der Waals surface area contributed by atoms with Crippen molar-refractivity contribution < 1.29 is 9.90 Å². The van der Waals surface area contributed by atoms with E-state index in [-0.39, 0.29) is 35.3 Å². The molecule has 0 saturated heterocycles. The van der Waals surface area contributed by atoms with E-state index in [1.165, 1.54) is 18.6 Å². The number of aromatic nitrogens is 2. The third kappa shape index (κ3) is 2.43. The van der Waals surface area contributed by atoms with Gasteiger partial charge in [0.2, 0.25) is 0 Å². The van der Waals surface area contributed by atoms with Gasteiger partial charge < -0.3 is 5.11 Å². The molecular formula is C5H4N2NaO2. The topological polar surface area (TPSA) is 63.1 Å². The second-order valence-corrected chi connectivity index (χ2v) is 1.40. The van der Waals surface area contributed by atoms with Gasteiger partial charge in [0.15, 0.2) is 5.69 Å². The van der Waals surface area contributed by atoms with Gasteiger partial charge in [-0.1, -0.05) is 0 Å². The van der Waals surface area contributed by atoms with Gasteiger partial charge in [-0.05, 0) is 0 Å². The summed E-state index contributed by atoms with van der Waals surface area (Å²) < 4.78 is 0. The van der Waals surface area contributed by atoms with Crippen molar-refractivity contribution in [3.63, 3.8) is 0 Å². The molecule has 0 unspecified atom stereocenters. The number of aromatic carboxylic acids is 1. The van der Waals surface area contributed by atoms with Crippen molar-refractivity contribution >= 4 is 35.5 Å². The summed E-state index contributed by atoms with van der Waals surface area (Å²) in [5, 5.41) is 8.28. The summed E-state index contributed by atoms with van der Waals surface area (Å²) in [6.45, 7) is 0. The minimum Gasteiger partial charge on any atom is -0.476 e. The van der Waals surface area contributed by atoms with Gasteiger partial charge in [0.05, 0.1) is 6.20 Å². The number of carbonyl (C=O) groups is 1. The Bertz CT molecular complexity index is 214. The molecule has 1 aromatic rings. The smallest absolute Gasteiger partial charge is 0.356 e. The minimum absolute atomic E-state index is 0. The molecule has 1 aromatic heterocycles. The Kier molecular flexibility index (Phi) is 4.18. The first-order chi connectivity index (χ1) is 4.30. The van der Waals surface area contributed by atoms with Crippen LogP contribution in [-0.2, 0) is 0 Å². The van der Waals surface area contributed by atoms with Gasteiger partial charge in [-0.25, -0.2) is 9.78 Å². The summed E-state index contributed by atoms with van der Waals surface area (Å²) in [4.78, 5) is 17.2. The zero-order valence-electron chi connectivity index (χ0n) is 5.48. The van der Waals surface area contributed by atoms with Gasteiger partial charge in [0.25, 0.3) is 0 Å². The van der Waals surface area contributed by atoms with E-state index in [2.05, 4.69) is 9.97 Å². The van der Waals surface area contributed by atoms with Crippen molar-refractivity contribution in [1.29, 1.82) is 0 Å². The average molecular weight is 147 g/mol. The van der Waals surface area contributed by atoms with E-state index in [4.69, 9.17) is 5.11 Å². The summed E-state index contributed by atoms with van der Waals surface area (Å²) in [7, 11) is 0. The molecular weight excluding hydrogens is 143 g/mol. The maximum atomic E-state index is 10.1. The fourth-order valence-electron chi connectivity index (χ4n) is 0.410. The van der Waals surface area contributed by atoms with Crippen LogP contribution in [0.3, 0.4) is 0 Å². The van der Waals surface area contributed by atoms with Gasteiger partial charge in [-0.2, -0.15) is 0 Å². The van der Waals surface area contributed by atoms with Crippen molar-refractivity contribution in [1.82, 2.24) is 9.97 Å². The molecule has 0 amide bonds. The molecule has 0 saturated carbocycles. The van der Waals surface area contributed by atoms with E-state index < -0.39 is 5.97 Å². The first-order valence-corrected chi connectivity index (χ1v) is 2.30. The van der Waals surface area contributed by atoms with E-state index in [9.17, 15) is 4.79 Å². The molecule has 0 atom stereocenters. The molecule has 1 rings (SSSR count). The second-order valence-electron chi connectivity index (χ2n) is 1.40. The second kappa shape index (κ2) is 4.38. The summed E-state index contributed by atoms with van der Waals surface area (Å²) >= 11 is 0. The standard InChI is InChI=1S/C5H4N2O2.Na/c8-5(9)4-3-6-1-2-7-4;/h1-3H,(H,8,9);. The number of hydrogen-bond acceptors (Lipinski definition) is 3. The molecule has 0 aliphatic heterocycles. The van der Waals surface area contributed by atoms with Crippen molar-refractivity contribution in [3.05, 3.63) is 24.3 Å². The van der Waals surface area contributed by atoms with Crippen LogP contribution in [-0.4, -0.2) is 50.6 Å². The molecule has 5 heteroatoms. The molecule has 0 spiro atoms.